The van der Waals surface area contributed by atoms with Gasteiger partial charge in [0.2, 0.25) is 0 Å². The fourth-order valence-electron chi connectivity index (χ4n) is 2.48. The van der Waals surface area contributed by atoms with Crippen LogP contribution in [0.5, 0.6) is 5.75 Å². The van der Waals surface area contributed by atoms with Crippen LogP contribution in [0.4, 0.5) is 0 Å². The summed E-state index contributed by atoms with van der Waals surface area (Å²) >= 11 is 0. The van der Waals surface area contributed by atoms with Crippen molar-refractivity contribution in [3.05, 3.63) is 29.8 Å². The Morgan fingerprint density at radius 3 is 2.63 bits per heavy atom. The molecule has 106 valence electrons. The third kappa shape index (κ3) is 4.22. The Labute approximate surface area is 116 Å². The van der Waals surface area contributed by atoms with E-state index in [1.807, 2.05) is 19.2 Å². The molecule has 0 aromatic heterocycles. The van der Waals surface area contributed by atoms with Gasteiger partial charge in [-0.15, -0.1) is 0 Å². The SMILES string of the molecule is CNC(C)CCc1ccc(OC2CCCC2O)cc1. The summed E-state index contributed by atoms with van der Waals surface area (Å²) in [6.45, 7) is 2.19. The summed E-state index contributed by atoms with van der Waals surface area (Å²) in [5.74, 6) is 0.872. The van der Waals surface area contributed by atoms with Gasteiger partial charge in [0, 0.05) is 6.04 Å². The predicted molar refractivity (Wildman–Crippen MR) is 77.6 cm³/mol. The number of hydrogen-bond donors (Lipinski definition) is 2. The minimum atomic E-state index is -0.295. The lowest BCUT2D eigenvalue weighted by atomic mass is 10.1. The summed E-state index contributed by atoms with van der Waals surface area (Å²) in [5.41, 5.74) is 1.33. The zero-order chi connectivity index (χ0) is 13.7. The molecule has 1 saturated carbocycles. The highest BCUT2D eigenvalue weighted by molar-refractivity contribution is 5.27. The van der Waals surface area contributed by atoms with E-state index < -0.39 is 0 Å². The molecule has 2 N–H and O–H groups in total. The number of nitrogens with one attached hydrogen (secondary N) is 1. The molecule has 0 radical (unpaired) electrons. The van der Waals surface area contributed by atoms with Crippen molar-refractivity contribution in [3.63, 3.8) is 0 Å². The van der Waals surface area contributed by atoms with Gasteiger partial charge in [-0.05, 0) is 63.8 Å². The molecule has 3 atom stereocenters. The standard InChI is InChI=1S/C16H25NO2/c1-12(17-2)6-7-13-8-10-14(11-9-13)19-16-5-3-4-15(16)18/h8-12,15-18H,3-7H2,1-2H3. The molecular weight excluding hydrogens is 238 g/mol. The van der Waals surface area contributed by atoms with E-state index in [-0.39, 0.29) is 12.2 Å². The van der Waals surface area contributed by atoms with Crippen LogP contribution >= 0.6 is 0 Å². The lowest BCUT2D eigenvalue weighted by Gasteiger charge is -2.17. The van der Waals surface area contributed by atoms with Crippen molar-refractivity contribution < 1.29 is 9.84 Å². The van der Waals surface area contributed by atoms with Gasteiger partial charge in [0.05, 0.1) is 6.10 Å². The zero-order valence-corrected chi connectivity index (χ0v) is 11.9. The average molecular weight is 263 g/mol. The minimum absolute atomic E-state index is 0.0184. The summed E-state index contributed by atoms with van der Waals surface area (Å²) in [4.78, 5) is 0. The molecule has 0 bridgehead atoms. The highest BCUT2D eigenvalue weighted by atomic mass is 16.5. The first-order valence-electron chi connectivity index (χ1n) is 7.30. The molecule has 3 unspecified atom stereocenters. The van der Waals surface area contributed by atoms with Gasteiger partial charge in [-0.3, -0.25) is 0 Å². The van der Waals surface area contributed by atoms with Gasteiger partial charge in [-0.25, -0.2) is 0 Å². The maximum absolute atomic E-state index is 9.75. The Kier molecular flexibility index (Phi) is 5.23. The largest absolute Gasteiger partial charge is 0.488 e. The van der Waals surface area contributed by atoms with Crippen LogP contribution in [0.25, 0.3) is 0 Å². The molecule has 2 rings (SSSR count). The highest BCUT2D eigenvalue weighted by Crippen LogP contribution is 2.25. The van der Waals surface area contributed by atoms with E-state index >= 15 is 0 Å². The molecule has 1 fully saturated rings. The second-order valence-electron chi connectivity index (χ2n) is 5.53. The van der Waals surface area contributed by atoms with Gasteiger partial charge in [0.25, 0.3) is 0 Å². The number of aliphatic hydroxyl groups excluding tert-OH is 1. The van der Waals surface area contributed by atoms with Gasteiger partial charge in [0.15, 0.2) is 0 Å². The third-order valence-electron chi connectivity index (χ3n) is 3.99. The summed E-state index contributed by atoms with van der Waals surface area (Å²) in [7, 11) is 1.99. The number of hydrogen-bond acceptors (Lipinski definition) is 3. The Balaban J connectivity index is 1.84. The molecule has 1 aliphatic carbocycles. The summed E-state index contributed by atoms with van der Waals surface area (Å²) in [6.07, 6.45) is 4.79. The Hall–Kier alpha value is -1.06. The van der Waals surface area contributed by atoms with Gasteiger partial charge in [-0.2, -0.15) is 0 Å². The fraction of sp³-hybridized carbons (Fsp3) is 0.625. The lowest BCUT2D eigenvalue weighted by molar-refractivity contribution is 0.0604. The van der Waals surface area contributed by atoms with Gasteiger partial charge in [0.1, 0.15) is 11.9 Å². The van der Waals surface area contributed by atoms with E-state index in [9.17, 15) is 5.11 Å². The van der Waals surface area contributed by atoms with Crippen molar-refractivity contribution >= 4 is 0 Å². The average Bonchev–Trinajstić information content (AvgIpc) is 2.83. The number of rotatable bonds is 6. The monoisotopic (exact) mass is 263 g/mol. The van der Waals surface area contributed by atoms with Crippen molar-refractivity contribution in [1.82, 2.24) is 5.32 Å². The summed E-state index contributed by atoms with van der Waals surface area (Å²) in [5, 5.41) is 13.0. The fourth-order valence-corrected chi connectivity index (χ4v) is 2.48. The predicted octanol–water partition coefficient (Wildman–Crippen LogP) is 2.52. The summed E-state index contributed by atoms with van der Waals surface area (Å²) < 4.78 is 5.83. The normalized spacial score (nSPS) is 24.4. The van der Waals surface area contributed by atoms with Crippen LogP contribution < -0.4 is 10.1 Å². The van der Waals surface area contributed by atoms with Gasteiger partial charge in [-0.1, -0.05) is 12.1 Å². The van der Waals surface area contributed by atoms with Crippen LogP contribution in [0, 0.1) is 0 Å². The number of aliphatic hydroxyl groups is 1. The second-order valence-corrected chi connectivity index (χ2v) is 5.53. The molecule has 3 nitrogen and oxygen atoms in total. The van der Waals surface area contributed by atoms with Gasteiger partial charge < -0.3 is 15.2 Å². The maximum atomic E-state index is 9.75. The highest BCUT2D eigenvalue weighted by Gasteiger charge is 2.26. The molecule has 19 heavy (non-hydrogen) atoms. The minimum Gasteiger partial charge on any atom is -0.488 e. The van der Waals surface area contributed by atoms with Crippen molar-refractivity contribution in [2.75, 3.05) is 7.05 Å². The quantitative estimate of drug-likeness (QED) is 0.828. The van der Waals surface area contributed by atoms with Crippen molar-refractivity contribution in [1.29, 1.82) is 0 Å². The Morgan fingerprint density at radius 2 is 2.05 bits per heavy atom. The van der Waals surface area contributed by atoms with E-state index in [0.29, 0.717) is 6.04 Å². The lowest BCUT2D eigenvalue weighted by Crippen LogP contribution is -2.25. The van der Waals surface area contributed by atoms with Crippen LogP contribution in [0.15, 0.2) is 24.3 Å². The molecule has 1 aromatic rings. The van der Waals surface area contributed by atoms with Crippen LogP contribution in [-0.2, 0) is 6.42 Å². The molecule has 0 aliphatic heterocycles. The smallest absolute Gasteiger partial charge is 0.124 e. The first kappa shape index (κ1) is 14.4. The number of benzene rings is 1. The van der Waals surface area contributed by atoms with E-state index in [1.165, 1.54) is 5.56 Å². The third-order valence-corrected chi connectivity index (χ3v) is 3.99. The molecule has 0 saturated heterocycles. The van der Waals surface area contributed by atoms with Crippen LogP contribution in [0.1, 0.15) is 38.2 Å². The van der Waals surface area contributed by atoms with Crippen LogP contribution in [0.3, 0.4) is 0 Å². The molecule has 3 heteroatoms. The summed E-state index contributed by atoms with van der Waals surface area (Å²) in [6, 6.07) is 8.83. The van der Waals surface area contributed by atoms with Crippen molar-refractivity contribution in [2.24, 2.45) is 0 Å². The molecule has 0 amide bonds. The van der Waals surface area contributed by atoms with Crippen LogP contribution in [-0.4, -0.2) is 30.4 Å². The van der Waals surface area contributed by atoms with E-state index in [4.69, 9.17) is 4.74 Å². The molecule has 1 aliphatic rings. The first-order chi connectivity index (χ1) is 9.19. The van der Waals surface area contributed by atoms with Gasteiger partial charge >= 0.3 is 0 Å². The Morgan fingerprint density at radius 1 is 1.32 bits per heavy atom. The first-order valence-corrected chi connectivity index (χ1v) is 7.30. The topological polar surface area (TPSA) is 41.5 Å². The zero-order valence-electron chi connectivity index (χ0n) is 11.9. The number of aryl methyl sites for hydroxylation is 1. The maximum Gasteiger partial charge on any atom is 0.124 e. The van der Waals surface area contributed by atoms with Crippen molar-refractivity contribution in [2.45, 2.75) is 57.3 Å². The van der Waals surface area contributed by atoms with Crippen LogP contribution in [0.2, 0.25) is 0 Å². The number of ether oxygens (including phenoxy) is 1. The molecule has 1 aromatic carbocycles. The molecule has 0 spiro atoms. The van der Waals surface area contributed by atoms with Crippen molar-refractivity contribution in [3.8, 4) is 5.75 Å². The second kappa shape index (κ2) is 6.92. The van der Waals surface area contributed by atoms with E-state index in [0.717, 1.165) is 37.9 Å². The molecule has 0 heterocycles. The molecular formula is C16H25NO2. The van der Waals surface area contributed by atoms with E-state index in [1.54, 1.807) is 0 Å². The Bertz CT molecular complexity index is 377. The van der Waals surface area contributed by atoms with E-state index in [2.05, 4.69) is 24.4 Å².